The van der Waals surface area contributed by atoms with Crippen LogP contribution < -0.4 is 9.64 Å². The third-order valence-electron chi connectivity index (χ3n) is 6.13. The highest BCUT2D eigenvalue weighted by Gasteiger charge is 2.30. The molecule has 0 bridgehead atoms. The Bertz CT molecular complexity index is 1240. The van der Waals surface area contributed by atoms with E-state index in [1.54, 1.807) is 30.3 Å². The lowest BCUT2D eigenvalue weighted by Gasteiger charge is -2.43. The van der Waals surface area contributed by atoms with Crippen molar-refractivity contribution in [2.24, 2.45) is 5.16 Å². The number of anilines is 1. The molecular weight excluding hydrogens is 499 g/mol. The van der Waals surface area contributed by atoms with Gasteiger partial charge in [-0.25, -0.2) is 4.85 Å². The molecule has 0 amide bonds. The van der Waals surface area contributed by atoms with Crippen molar-refractivity contribution in [2.45, 2.75) is 6.04 Å². The van der Waals surface area contributed by atoms with Crippen LogP contribution in [0, 0.1) is 6.57 Å². The summed E-state index contributed by atoms with van der Waals surface area (Å²) in [6, 6.07) is 20.4. The van der Waals surface area contributed by atoms with Crippen LogP contribution in [-0.2, 0) is 0 Å². The molecule has 1 aliphatic rings. The summed E-state index contributed by atoms with van der Waals surface area (Å²) in [5, 5.41) is 23.5. The second-order valence-corrected chi connectivity index (χ2v) is 9.23. The van der Waals surface area contributed by atoms with Crippen molar-refractivity contribution >= 4 is 40.3 Å². The Labute approximate surface area is 220 Å². The molecule has 0 unspecified atom stereocenters. The molecule has 0 radical (unpaired) electrons. The minimum Gasteiger partial charge on any atom is -0.491 e. The van der Waals surface area contributed by atoms with E-state index in [-0.39, 0.29) is 19.3 Å². The molecule has 1 atom stereocenters. The van der Waals surface area contributed by atoms with Gasteiger partial charge in [0.15, 0.2) is 5.69 Å². The Hall–Kier alpha value is -3.28. The number of aliphatic hydroxyl groups is 1. The van der Waals surface area contributed by atoms with Gasteiger partial charge < -0.3 is 20.0 Å². The standard InChI is InChI=1S/C27H26Cl2N4O3/c1-30-22-8-4-19(5-9-22)25(31-35)17-32-12-13-33(27(18-32)20-2-6-21(28)7-3-20)26-11-10-23(16-24(26)29)36-15-14-34/h2-11,16,27,34-35H,12-15,17-18H2/b31-25+/t27-/m0/s1. The summed E-state index contributed by atoms with van der Waals surface area (Å²) < 4.78 is 5.50. The summed E-state index contributed by atoms with van der Waals surface area (Å²) in [6.07, 6.45) is 0. The van der Waals surface area contributed by atoms with Gasteiger partial charge >= 0.3 is 0 Å². The molecule has 0 aromatic heterocycles. The van der Waals surface area contributed by atoms with Crippen molar-refractivity contribution in [3.05, 3.63) is 99.3 Å². The molecular formula is C27H26Cl2N4O3. The lowest BCUT2D eigenvalue weighted by molar-refractivity contribution is 0.201. The molecule has 36 heavy (non-hydrogen) atoms. The fourth-order valence-corrected chi connectivity index (χ4v) is 4.74. The second kappa shape index (κ2) is 12.1. The summed E-state index contributed by atoms with van der Waals surface area (Å²) in [5.74, 6) is 0.604. The molecule has 9 heteroatoms. The largest absolute Gasteiger partial charge is 0.491 e. The number of aliphatic hydroxyl groups excluding tert-OH is 1. The van der Waals surface area contributed by atoms with Crippen molar-refractivity contribution in [1.29, 1.82) is 0 Å². The van der Waals surface area contributed by atoms with E-state index in [1.165, 1.54) is 0 Å². The monoisotopic (exact) mass is 524 g/mol. The van der Waals surface area contributed by atoms with E-state index in [9.17, 15) is 5.21 Å². The molecule has 3 aromatic carbocycles. The predicted octanol–water partition coefficient (Wildman–Crippen LogP) is 5.66. The van der Waals surface area contributed by atoms with Crippen LogP contribution in [0.5, 0.6) is 5.75 Å². The molecule has 1 heterocycles. The SMILES string of the molecule is [C-]#[N+]c1ccc(/C(CN2CCN(c3ccc(OCCO)cc3Cl)[C@H](c3ccc(Cl)cc3)C2)=N/O)cc1. The summed E-state index contributed by atoms with van der Waals surface area (Å²) in [5.41, 5.74) is 3.83. The maximum absolute atomic E-state index is 9.73. The van der Waals surface area contributed by atoms with Crippen molar-refractivity contribution in [3.63, 3.8) is 0 Å². The van der Waals surface area contributed by atoms with Gasteiger partial charge in [-0.3, -0.25) is 4.90 Å². The Morgan fingerprint density at radius 1 is 1.06 bits per heavy atom. The number of oxime groups is 1. The fraction of sp³-hybridized carbons (Fsp3) is 0.259. The molecule has 2 N–H and O–H groups in total. The van der Waals surface area contributed by atoms with E-state index in [0.717, 1.165) is 23.4 Å². The summed E-state index contributed by atoms with van der Waals surface area (Å²) >= 11 is 12.8. The highest BCUT2D eigenvalue weighted by atomic mass is 35.5. The fourth-order valence-electron chi connectivity index (χ4n) is 4.34. The van der Waals surface area contributed by atoms with E-state index in [1.807, 2.05) is 36.4 Å². The Morgan fingerprint density at radius 3 is 2.44 bits per heavy atom. The number of ether oxygens (including phenoxy) is 1. The van der Waals surface area contributed by atoms with E-state index < -0.39 is 0 Å². The van der Waals surface area contributed by atoms with Crippen molar-refractivity contribution in [1.82, 2.24) is 4.90 Å². The molecule has 3 aromatic rings. The Balaban J connectivity index is 1.58. The molecule has 1 saturated heterocycles. The molecule has 0 aliphatic carbocycles. The lowest BCUT2D eigenvalue weighted by Crippen LogP contribution is -2.50. The Morgan fingerprint density at radius 2 is 1.81 bits per heavy atom. The molecule has 1 fully saturated rings. The topological polar surface area (TPSA) is 72.9 Å². The number of piperazine rings is 1. The van der Waals surface area contributed by atoms with Gasteiger partial charge in [0.2, 0.25) is 0 Å². The minimum atomic E-state index is -0.0667. The van der Waals surface area contributed by atoms with Crippen molar-refractivity contribution in [2.75, 3.05) is 44.3 Å². The van der Waals surface area contributed by atoms with E-state index in [2.05, 4.69) is 19.8 Å². The van der Waals surface area contributed by atoms with E-state index >= 15 is 0 Å². The first kappa shape index (κ1) is 25.8. The number of hydrogen-bond donors (Lipinski definition) is 2. The minimum absolute atomic E-state index is 0.0258. The van der Waals surface area contributed by atoms with Gasteiger partial charge in [0.05, 0.1) is 29.9 Å². The highest BCUT2D eigenvalue weighted by Crippen LogP contribution is 2.37. The van der Waals surface area contributed by atoms with Gasteiger partial charge in [-0.05, 0) is 35.4 Å². The zero-order valence-corrected chi connectivity index (χ0v) is 21.0. The summed E-state index contributed by atoms with van der Waals surface area (Å²) in [7, 11) is 0. The second-order valence-electron chi connectivity index (χ2n) is 8.39. The van der Waals surface area contributed by atoms with Crippen LogP contribution in [0.1, 0.15) is 17.2 Å². The van der Waals surface area contributed by atoms with Gasteiger partial charge in [0, 0.05) is 37.3 Å². The van der Waals surface area contributed by atoms with Crippen LogP contribution in [0.2, 0.25) is 10.0 Å². The normalized spacial score (nSPS) is 16.6. The molecule has 0 spiro atoms. The smallest absolute Gasteiger partial charge is 0.187 e. The quantitative estimate of drug-likeness (QED) is 0.172. The first-order valence-corrected chi connectivity index (χ1v) is 12.2. The van der Waals surface area contributed by atoms with Crippen LogP contribution in [0.25, 0.3) is 4.85 Å². The van der Waals surface area contributed by atoms with Crippen LogP contribution in [0.4, 0.5) is 11.4 Å². The first-order valence-electron chi connectivity index (χ1n) is 11.5. The number of halogens is 2. The highest BCUT2D eigenvalue weighted by molar-refractivity contribution is 6.33. The van der Waals surface area contributed by atoms with Crippen LogP contribution in [-0.4, -0.2) is 60.3 Å². The van der Waals surface area contributed by atoms with E-state index in [0.29, 0.717) is 46.8 Å². The third-order valence-corrected chi connectivity index (χ3v) is 6.69. The molecule has 186 valence electrons. The zero-order chi connectivity index (χ0) is 25.5. The molecule has 0 saturated carbocycles. The lowest BCUT2D eigenvalue weighted by atomic mass is 10.0. The van der Waals surface area contributed by atoms with Crippen LogP contribution in [0.3, 0.4) is 0 Å². The number of benzene rings is 3. The number of nitrogens with zero attached hydrogens (tertiary/aromatic N) is 4. The molecule has 4 rings (SSSR count). The average Bonchev–Trinajstić information content (AvgIpc) is 2.91. The van der Waals surface area contributed by atoms with Gasteiger partial charge in [-0.1, -0.05) is 64.8 Å². The maximum Gasteiger partial charge on any atom is 0.187 e. The van der Waals surface area contributed by atoms with Gasteiger partial charge in [0.1, 0.15) is 18.1 Å². The zero-order valence-electron chi connectivity index (χ0n) is 19.5. The average molecular weight is 525 g/mol. The first-order chi connectivity index (χ1) is 17.5. The number of rotatable bonds is 8. The molecule has 1 aliphatic heterocycles. The number of hydrogen-bond acceptors (Lipinski definition) is 6. The summed E-state index contributed by atoms with van der Waals surface area (Å²) in [4.78, 5) is 7.92. The van der Waals surface area contributed by atoms with Gasteiger partial charge in [0.25, 0.3) is 0 Å². The van der Waals surface area contributed by atoms with Crippen LogP contribution >= 0.6 is 23.2 Å². The molecule has 7 nitrogen and oxygen atoms in total. The maximum atomic E-state index is 9.73. The Kier molecular flexibility index (Phi) is 8.68. The van der Waals surface area contributed by atoms with E-state index in [4.69, 9.17) is 39.6 Å². The van der Waals surface area contributed by atoms with Crippen molar-refractivity contribution < 1.29 is 15.1 Å². The van der Waals surface area contributed by atoms with Gasteiger partial charge in [-0.15, -0.1) is 0 Å². The predicted molar refractivity (Wildman–Crippen MR) is 143 cm³/mol. The van der Waals surface area contributed by atoms with Gasteiger partial charge in [-0.2, -0.15) is 0 Å². The third kappa shape index (κ3) is 6.10. The van der Waals surface area contributed by atoms with Crippen molar-refractivity contribution in [3.8, 4) is 5.75 Å². The summed E-state index contributed by atoms with van der Waals surface area (Å²) in [6.45, 7) is 9.81. The van der Waals surface area contributed by atoms with Crippen LogP contribution in [0.15, 0.2) is 71.9 Å².